The molecule has 3 aliphatic rings. The number of hydrogen-bond donors (Lipinski definition) is 0. The molecule has 0 saturated carbocycles. The summed E-state index contributed by atoms with van der Waals surface area (Å²) in [7, 11) is 0. The zero-order chi connectivity index (χ0) is 31.7. The molecule has 238 valence electrons. The third kappa shape index (κ3) is 4.54. The molecule has 46 heavy (non-hydrogen) atoms. The van der Waals surface area contributed by atoms with E-state index >= 15 is 4.39 Å². The van der Waals surface area contributed by atoms with Crippen molar-refractivity contribution in [1.82, 2.24) is 19.1 Å². The van der Waals surface area contributed by atoms with E-state index in [-0.39, 0.29) is 35.2 Å². The second-order valence-corrected chi connectivity index (χ2v) is 13.6. The van der Waals surface area contributed by atoms with Gasteiger partial charge in [0.25, 0.3) is 0 Å². The van der Waals surface area contributed by atoms with E-state index in [4.69, 9.17) is 19.4 Å². The van der Waals surface area contributed by atoms with E-state index in [0.717, 1.165) is 61.0 Å². The van der Waals surface area contributed by atoms with E-state index < -0.39 is 5.82 Å². The largest absolute Gasteiger partial charge is 0.484 e. The van der Waals surface area contributed by atoms with Crippen molar-refractivity contribution in [2.24, 2.45) is 5.92 Å². The van der Waals surface area contributed by atoms with Crippen molar-refractivity contribution < 1.29 is 13.9 Å². The van der Waals surface area contributed by atoms with E-state index in [2.05, 4.69) is 30.2 Å². The Morgan fingerprint density at radius 2 is 1.91 bits per heavy atom. The summed E-state index contributed by atoms with van der Waals surface area (Å²) in [4.78, 5) is 26.8. The van der Waals surface area contributed by atoms with Gasteiger partial charge >= 0.3 is 5.56 Å². The number of fused-ring (bicyclic) bond motifs is 6. The van der Waals surface area contributed by atoms with Gasteiger partial charge in [0.1, 0.15) is 24.3 Å². The topological polar surface area (TPSA) is 74.4 Å². The first-order valence-electron chi connectivity index (χ1n) is 16.7. The fraction of sp³-hybridized carbons (Fsp3) is 0.432. The molecule has 1 unspecified atom stereocenters. The Bertz CT molecular complexity index is 2040. The van der Waals surface area contributed by atoms with Gasteiger partial charge in [-0.3, -0.25) is 9.36 Å². The SMILES string of the molecule is Cc1ccc2c(ncn2C2CCCCO2)c1-c1nc2c(cc1F)c1c(c(=O)n2-c2ccccc2C(C)C)OC[C@H]2CC[C@H](C)CN12. The number of imidazole rings is 1. The molecular formula is C37H40FN5O3. The van der Waals surface area contributed by atoms with Crippen LogP contribution in [0.4, 0.5) is 10.1 Å². The molecule has 2 saturated heterocycles. The number of benzene rings is 2. The maximum absolute atomic E-state index is 16.7. The summed E-state index contributed by atoms with van der Waals surface area (Å²) in [6.45, 7) is 10.3. The van der Waals surface area contributed by atoms with Crippen LogP contribution in [0, 0.1) is 18.7 Å². The Morgan fingerprint density at radius 3 is 2.72 bits per heavy atom. The van der Waals surface area contributed by atoms with Gasteiger partial charge < -0.3 is 18.9 Å². The molecule has 8 rings (SSSR count). The maximum atomic E-state index is 16.7. The summed E-state index contributed by atoms with van der Waals surface area (Å²) in [6.07, 6.45) is 6.79. The first-order chi connectivity index (χ1) is 22.3. The monoisotopic (exact) mass is 621 g/mol. The lowest BCUT2D eigenvalue weighted by atomic mass is 9.92. The molecule has 0 spiro atoms. The van der Waals surface area contributed by atoms with Crippen LogP contribution in [0.25, 0.3) is 39.0 Å². The summed E-state index contributed by atoms with van der Waals surface area (Å²) in [5.41, 5.74) is 5.75. The van der Waals surface area contributed by atoms with Crippen molar-refractivity contribution >= 4 is 27.8 Å². The molecule has 3 atom stereocenters. The van der Waals surface area contributed by atoms with Crippen LogP contribution in [-0.2, 0) is 4.74 Å². The Balaban J connectivity index is 1.43. The molecule has 8 nitrogen and oxygen atoms in total. The molecule has 0 radical (unpaired) electrons. The average molecular weight is 622 g/mol. The Labute approximate surface area is 267 Å². The van der Waals surface area contributed by atoms with E-state index in [0.29, 0.717) is 46.9 Å². The van der Waals surface area contributed by atoms with Gasteiger partial charge in [-0.2, -0.15) is 0 Å². The first-order valence-corrected chi connectivity index (χ1v) is 16.7. The van der Waals surface area contributed by atoms with Crippen molar-refractivity contribution in [3.05, 3.63) is 76.1 Å². The van der Waals surface area contributed by atoms with Gasteiger partial charge in [-0.1, -0.05) is 45.0 Å². The highest BCUT2D eigenvalue weighted by atomic mass is 19.1. The summed E-state index contributed by atoms with van der Waals surface area (Å²) in [5.74, 6) is 0.407. The van der Waals surface area contributed by atoms with Crippen LogP contribution in [-0.4, -0.2) is 44.9 Å². The number of para-hydroxylation sites is 1. The number of pyridine rings is 2. The molecule has 2 aromatic carbocycles. The predicted octanol–water partition coefficient (Wildman–Crippen LogP) is 7.67. The minimum absolute atomic E-state index is 0.104. The highest BCUT2D eigenvalue weighted by Gasteiger charge is 2.37. The Morgan fingerprint density at radius 1 is 1.07 bits per heavy atom. The quantitative estimate of drug-likeness (QED) is 0.205. The summed E-state index contributed by atoms with van der Waals surface area (Å²) in [6, 6.07) is 13.6. The third-order valence-electron chi connectivity index (χ3n) is 10.1. The van der Waals surface area contributed by atoms with E-state index in [1.54, 1.807) is 17.0 Å². The fourth-order valence-corrected chi connectivity index (χ4v) is 7.75. The van der Waals surface area contributed by atoms with Crippen molar-refractivity contribution in [2.75, 3.05) is 24.7 Å². The van der Waals surface area contributed by atoms with Crippen LogP contribution < -0.4 is 15.2 Å². The van der Waals surface area contributed by atoms with E-state index in [9.17, 15) is 4.79 Å². The van der Waals surface area contributed by atoms with Crippen molar-refractivity contribution in [1.29, 1.82) is 0 Å². The van der Waals surface area contributed by atoms with Crippen LogP contribution in [0.5, 0.6) is 5.75 Å². The Kier molecular flexibility index (Phi) is 7.12. The van der Waals surface area contributed by atoms with Gasteiger partial charge in [-0.05, 0) is 80.2 Å². The Hall–Kier alpha value is -4.24. The second kappa shape index (κ2) is 11.2. The number of anilines is 1. The molecule has 0 amide bonds. The molecule has 5 aromatic rings. The molecule has 0 aliphatic carbocycles. The zero-order valence-corrected chi connectivity index (χ0v) is 26.9. The number of halogens is 1. The lowest BCUT2D eigenvalue weighted by Gasteiger charge is -2.44. The number of hydrogen-bond acceptors (Lipinski definition) is 6. The molecule has 9 heteroatoms. The van der Waals surface area contributed by atoms with Crippen molar-refractivity contribution in [2.45, 2.75) is 78.0 Å². The zero-order valence-electron chi connectivity index (χ0n) is 26.9. The number of aryl methyl sites for hydroxylation is 1. The highest BCUT2D eigenvalue weighted by Crippen LogP contribution is 2.44. The van der Waals surface area contributed by atoms with Gasteiger partial charge in [0.15, 0.2) is 5.65 Å². The molecule has 2 fully saturated rings. The standard InChI is InChI=1S/C37H40FN5O3/c1-21(2)25-9-5-6-10-28(25)43-36-26(34-35(37(43)44)46-19-24-14-12-22(3)18-41(24)34)17-27(38)32(40-36)31-23(4)13-15-29-33(31)39-20-42(29)30-11-7-8-16-45-30/h5-6,9-10,13,15,17,20-22,24,30H,7-8,11-12,14,16,18-19H2,1-4H3/t22-,24+,30?/m0/s1. The molecule has 0 N–H and O–H groups in total. The van der Waals surface area contributed by atoms with Gasteiger partial charge in [0.05, 0.1) is 34.8 Å². The molecule has 3 aliphatic heterocycles. The van der Waals surface area contributed by atoms with Crippen molar-refractivity contribution in [3.8, 4) is 22.7 Å². The number of aromatic nitrogens is 4. The minimum Gasteiger partial charge on any atom is -0.484 e. The number of piperidine rings is 1. The molecule has 0 bridgehead atoms. The highest BCUT2D eigenvalue weighted by molar-refractivity contribution is 5.99. The summed E-state index contributed by atoms with van der Waals surface area (Å²) in [5, 5.41) is 0.583. The van der Waals surface area contributed by atoms with Crippen LogP contribution in [0.3, 0.4) is 0 Å². The minimum atomic E-state index is -0.455. The van der Waals surface area contributed by atoms with Crippen LogP contribution in [0.1, 0.15) is 76.1 Å². The smallest absolute Gasteiger partial charge is 0.301 e. The number of rotatable bonds is 4. The van der Waals surface area contributed by atoms with Crippen molar-refractivity contribution in [3.63, 3.8) is 0 Å². The van der Waals surface area contributed by atoms with E-state index in [1.807, 2.05) is 43.3 Å². The molecule has 6 heterocycles. The van der Waals surface area contributed by atoms with Gasteiger partial charge in [0, 0.05) is 24.1 Å². The van der Waals surface area contributed by atoms with Crippen LogP contribution in [0.15, 0.2) is 53.6 Å². The van der Waals surface area contributed by atoms with Gasteiger partial charge in [0.2, 0.25) is 5.75 Å². The normalized spacial score (nSPS) is 21.4. The summed E-state index contributed by atoms with van der Waals surface area (Å²) < 4.78 is 32.8. The second-order valence-electron chi connectivity index (χ2n) is 13.6. The molecular weight excluding hydrogens is 581 g/mol. The molecule has 3 aromatic heterocycles. The fourth-order valence-electron chi connectivity index (χ4n) is 7.75. The predicted molar refractivity (Wildman–Crippen MR) is 179 cm³/mol. The van der Waals surface area contributed by atoms with Crippen LogP contribution in [0.2, 0.25) is 0 Å². The van der Waals surface area contributed by atoms with E-state index in [1.165, 1.54) is 0 Å². The lowest BCUT2D eigenvalue weighted by Crippen LogP contribution is -2.50. The summed E-state index contributed by atoms with van der Waals surface area (Å²) >= 11 is 0. The lowest BCUT2D eigenvalue weighted by molar-refractivity contribution is -0.0295. The first kappa shape index (κ1) is 29.2. The number of ether oxygens (including phenoxy) is 2. The number of nitrogens with zero attached hydrogens (tertiary/aromatic N) is 5. The maximum Gasteiger partial charge on any atom is 0.301 e. The average Bonchev–Trinajstić information content (AvgIpc) is 3.49. The van der Waals surface area contributed by atoms with Crippen LogP contribution >= 0.6 is 0 Å². The van der Waals surface area contributed by atoms with Gasteiger partial charge in [-0.25, -0.2) is 14.4 Å². The van der Waals surface area contributed by atoms with Gasteiger partial charge in [-0.15, -0.1) is 0 Å². The third-order valence-corrected chi connectivity index (χ3v) is 10.1.